The van der Waals surface area contributed by atoms with Crippen molar-refractivity contribution < 1.29 is 4.42 Å². The molecular weight excluding hydrogens is 360 g/mol. The maximum atomic E-state index is 6.18. The molecule has 3 aromatic rings. The zero-order chi connectivity index (χ0) is 18.8. The van der Waals surface area contributed by atoms with Crippen molar-refractivity contribution in [2.24, 2.45) is 0 Å². The average Bonchev–Trinajstić information content (AvgIpc) is 3.20. The minimum absolute atomic E-state index is 0.0950. The molecule has 1 fully saturated rings. The van der Waals surface area contributed by atoms with Gasteiger partial charge in [-0.2, -0.15) is 0 Å². The number of nitrogens with zero attached hydrogens (tertiary/aromatic N) is 4. The van der Waals surface area contributed by atoms with Crippen LogP contribution in [0.3, 0.4) is 0 Å². The van der Waals surface area contributed by atoms with Gasteiger partial charge in [-0.05, 0) is 43.7 Å². The lowest BCUT2D eigenvalue weighted by Crippen LogP contribution is -2.47. The lowest BCUT2D eigenvalue weighted by atomic mass is 10.1. The highest BCUT2D eigenvalue weighted by atomic mass is 35.5. The van der Waals surface area contributed by atoms with Gasteiger partial charge in [0.25, 0.3) is 0 Å². The van der Waals surface area contributed by atoms with Crippen LogP contribution in [-0.4, -0.2) is 41.3 Å². The van der Waals surface area contributed by atoms with Crippen LogP contribution < -0.4 is 4.90 Å². The molecule has 2 heterocycles. The summed E-state index contributed by atoms with van der Waals surface area (Å²) in [5.41, 5.74) is 3.42. The van der Waals surface area contributed by atoms with E-state index >= 15 is 0 Å². The van der Waals surface area contributed by atoms with Crippen molar-refractivity contribution >= 4 is 17.3 Å². The van der Waals surface area contributed by atoms with Gasteiger partial charge in [0.15, 0.2) is 0 Å². The summed E-state index contributed by atoms with van der Waals surface area (Å²) >= 11 is 6.18. The molecule has 1 unspecified atom stereocenters. The molecule has 2 aromatic carbocycles. The van der Waals surface area contributed by atoms with Gasteiger partial charge in [-0.1, -0.05) is 35.9 Å². The maximum absolute atomic E-state index is 6.18. The van der Waals surface area contributed by atoms with Crippen LogP contribution in [0.25, 0.3) is 11.5 Å². The number of benzene rings is 2. The maximum Gasteiger partial charge on any atom is 0.247 e. The van der Waals surface area contributed by atoms with Crippen LogP contribution in [0.5, 0.6) is 0 Å². The fourth-order valence-electron chi connectivity index (χ4n) is 3.53. The van der Waals surface area contributed by atoms with Crippen LogP contribution in [-0.2, 0) is 0 Å². The lowest BCUT2D eigenvalue weighted by Gasteiger charge is -2.38. The van der Waals surface area contributed by atoms with Crippen LogP contribution in [0.15, 0.2) is 52.9 Å². The molecule has 0 radical (unpaired) electrons. The molecule has 0 amide bonds. The Morgan fingerprint density at radius 1 is 1.00 bits per heavy atom. The molecule has 6 heteroatoms. The monoisotopic (exact) mass is 382 g/mol. The first-order chi connectivity index (χ1) is 13.1. The summed E-state index contributed by atoms with van der Waals surface area (Å²) in [6.07, 6.45) is 0. The Kier molecular flexibility index (Phi) is 5.14. The largest absolute Gasteiger partial charge is 0.419 e. The van der Waals surface area contributed by atoms with Crippen LogP contribution in [0.1, 0.15) is 24.4 Å². The lowest BCUT2D eigenvalue weighted by molar-refractivity contribution is 0.173. The standard InChI is InChI=1S/C21H23ClN4O/c1-15-8-9-18(22)14-19(15)26-12-10-25(11-13-26)16(2)20-23-24-21(27-20)17-6-4-3-5-7-17/h3-9,14,16H,10-13H2,1-2H3. The zero-order valence-electron chi connectivity index (χ0n) is 15.6. The number of hydrogen-bond acceptors (Lipinski definition) is 5. The molecule has 1 aliphatic rings. The Morgan fingerprint density at radius 3 is 2.48 bits per heavy atom. The summed E-state index contributed by atoms with van der Waals surface area (Å²) in [4.78, 5) is 4.78. The van der Waals surface area contributed by atoms with Crippen molar-refractivity contribution in [3.05, 3.63) is 65.0 Å². The Balaban J connectivity index is 1.42. The Labute approximate surface area is 164 Å². The topological polar surface area (TPSA) is 45.4 Å². The third-order valence-corrected chi connectivity index (χ3v) is 5.43. The van der Waals surface area contributed by atoms with Gasteiger partial charge < -0.3 is 9.32 Å². The van der Waals surface area contributed by atoms with Crippen molar-refractivity contribution in [2.75, 3.05) is 31.1 Å². The predicted molar refractivity (Wildman–Crippen MR) is 108 cm³/mol. The first-order valence-electron chi connectivity index (χ1n) is 9.26. The third-order valence-electron chi connectivity index (χ3n) is 5.19. The number of aryl methyl sites for hydroxylation is 1. The van der Waals surface area contributed by atoms with Gasteiger partial charge in [-0.3, -0.25) is 4.90 Å². The van der Waals surface area contributed by atoms with Gasteiger partial charge in [0.1, 0.15) is 0 Å². The second-order valence-corrected chi connectivity index (χ2v) is 7.38. The molecule has 1 aliphatic heterocycles. The number of anilines is 1. The van der Waals surface area contributed by atoms with E-state index < -0.39 is 0 Å². The average molecular weight is 383 g/mol. The van der Waals surface area contributed by atoms with E-state index in [-0.39, 0.29) is 6.04 Å². The van der Waals surface area contributed by atoms with Crippen molar-refractivity contribution in [3.63, 3.8) is 0 Å². The highest BCUT2D eigenvalue weighted by molar-refractivity contribution is 6.30. The molecule has 0 N–H and O–H groups in total. The van der Waals surface area contributed by atoms with Gasteiger partial charge in [0, 0.05) is 42.5 Å². The van der Waals surface area contributed by atoms with Crippen LogP contribution in [0.4, 0.5) is 5.69 Å². The summed E-state index contributed by atoms with van der Waals surface area (Å²) in [6, 6.07) is 16.1. The number of halogens is 1. The number of piperazine rings is 1. The SMILES string of the molecule is Cc1ccc(Cl)cc1N1CCN(C(C)c2nnc(-c3ccccc3)o2)CC1. The van der Waals surface area contributed by atoms with Crippen LogP contribution in [0.2, 0.25) is 5.02 Å². The first-order valence-corrected chi connectivity index (χ1v) is 9.63. The fourth-order valence-corrected chi connectivity index (χ4v) is 3.70. The summed E-state index contributed by atoms with van der Waals surface area (Å²) < 4.78 is 5.94. The Morgan fingerprint density at radius 2 is 1.74 bits per heavy atom. The van der Waals surface area contributed by atoms with E-state index in [9.17, 15) is 0 Å². The van der Waals surface area contributed by atoms with Gasteiger partial charge in [0.05, 0.1) is 6.04 Å². The molecule has 0 spiro atoms. The van der Waals surface area contributed by atoms with E-state index in [1.807, 2.05) is 36.4 Å². The minimum Gasteiger partial charge on any atom is -0.419 e. The second-order valence-electron chi connectivity index (χ2n) is 6.94. The van der Waals surface area contributed by atoms with Gasteiger partial charge in [-0.15, -0.1) is 10.2 Å². The van der Waals surface area contributed by atoms with Gasteiger partial charge in [0.2, 0.25) is 11.8 Å². The number of aromatic nitrogens is 2. The molecule has 5 nitrogen and oxygen atoms in total. The second kappa shape index (κ2) is 7.71. The van der Waals surface area contributed by atoms with Crippen molar-refractivity contribution in [1.29, 1.82) is 0 Å². The third kappa shape index (κ3) is 3.84. The number of hydrogen-bond donors (Lipinski definition) is 0. The highest BCUT2D eigenvalue weighted by Crippen LogP contribution is 2.28. The number of rotatable bonds is 4. The molecule has 1 saturated heterocycles. The fraction of sp³-hybridized carbons (Fsp3) is 0.333. The summed E-state index contributed by atoms with van der Waals surface area (Å²) in [5, 5.41) is 9.28. The Hall–Kier alpha value is -2.37. The quantitative estimate of drug-likeness (QED) is 0.660. The van der Waals surface area contributed by atoms with E-state index in [4.69, 9.17) is 16.0 Å². The van der Waals surface area contributed by atoms with Crippen LogP contribution >= 0.6 is 11.6 Å². The van der Waals surface area contributed by atoms with E-state index in [1.165, 1.54) is 11.3 Å². The van der Waals surface area contributed by atoms with E-state index in [2.05, 4.69) is 46.0 Å². The molecule has 1 atom stereocenters. The summed E-state index contributed by atoms with van der Waals surface area (Å²) in [5.74, 6) is 1.24. The van der Waals surface area contributed by atoms with Gasteiger partial charge in [-0.25, -0.2) is 0 Å². The molecule has 27 heavy (non-hydrogen) atoms. The smallest absolute Gasteiger partial charge is 0.247 e. The van der Waals surface area contributed by atoms with E-state index in [0.29, 0.717) is 11.8 Å². The normalized spacial score (nSPS) is 16.5. The van der Waals surface area contributed by atoms with Gasteiger partial charge >= 0.3 is 0 Å². The molecule has 0 bridgehead atoms. The molecule has 0 aliphatic carbocycles. The highest BCUT2D eigenvalue weighted by Gasteiger charge is 2.26. The minimum atomic E-state index is 0.0950. The van der Waals surface area contributed by atoms with Crippen molar-refractivity contribution in [1.82, 2.24) is 15.1 Å². The first kappa shape index (κ1) is 18.0. The summed E-state index contributed by atoms with van der Waals surface area (Å²) in [7, 11) is 0. The molecular formula is C21H23ClN4O. The predicted octanol–water partition coefficient (Wildman–Crippen LogP) is 4.58. The molecule has 1 aromatic heterocycles. The van der Waals surface area contributed by atoms with Crippen LogP contribution in [0, 0.1) is 6.92 Å². The molecule has 4 rings (SSSR count). The molecule has 0 saturated carbocycles. The van der Waals surface area contributed by atoms with E-state index in [0.717, 1.165) is 36.8 Å². The van der Waals surface area contributed by atoms with Crippen molar-refractivity contribution in [2.45, 2.75) is 19.9 Å². The molecule has 140 valence electrons. The van der Waals surface area contributed by atoms with Crippen molar-refractivity contribution in [3.8, 4) is 11.5 Å². The Bertz CT molecular complexity index is 904. The zero-order valence-corrected chi connectivity index (χ0v) is 16.4. The summed E-state index contributed by atoms with van der Waals surface area (Å²) in [6.45, 7) is 8.04. The van der Waals surface area contributed by atoms with E-state index in [1.54, 1.807) is 0 Å².